The van der Waals surface area contributed by atoms with Gasteiger partial charge in [0.1, 0.15) is 11.9 Å². The van der Waals surface area contributed by atoms with Crippen LogP contribution in [0.25, 0.3) is 0 Å². The standard InChI is InChI=1S/C23H30N4O4/c1-17(15-19-16-24-10-11-25-19)26-23(29)18-3-5-20(6-4-18)31-21-7-12-27(13-8-21)22(28)9-14-30-2/h3-6,10-11,16-17,21H,7-9,12-15H2,1-2H3,(H,26,29)/t17-/m1/s1. The minimum atomic E-state index is -0.134. The Hall–Kier alpha value is -3.00. The molecular weight excluding hydrogens is 396 g/mol. The Morgan fingerprint density at radius 1 is 1.19 bits per heavy atom. The lowest BCUT2D eigenvalue weighted by Gasteiger charge is -2.32. The van der Waals surface area contributed by atoms with Crippen LogP contribution in [0.15, 0.2) is 42.9 Å². The fourth-order valence-corrected chi connectivity index (χ4v) is 3.56. The van der Waals surface area contributed by atoms with Crippen LogP contribution < -0.4 is 10.1 Å². The van der Waals surface area contributed by atoms with Crippen LogP contribution in [0, 0.1) is 0 Å². The third-order valence-corrected chi connectivity index (χ3v) is 5.24. The summed E-state index contributed by atoms with van der Waals surface area (Å²) in [6.45, 7) is 3.78. The molecule has 1 N–H and O–H groups in total. The summed E-state index contributed by atoms with van der Waals surface area (Å²) in [5.41, 5.74) is 1.42. The van der Waals surface area contributed by atoms with Gasteiger partial charge in [-0.2, -0.15) is 0 Å². The zero-order valence-electron chi connectivity index (χ0n) is 18.1. The van der Waals surface area contributed by atoms with Gasteiger partial charge in [-0.05, 0) is 31.2 Å². The highest BCUT2D eigenvalue weighted by Crippen LogP contribution is 2.20. The molecule has 1 saturated heterocycles. The van der Waals surface area contributed by atoms with Crippen molar-refractivity contribution in [3.63, 3.8) is 0 Å². The van der Waals surface area contributed by atoms with Crippen molar-refractivity contribution in [2.75, 3.05) is 26.8 Å². The second-order valence-electron chi connectivity index (χ2n) is 7.74. The van der Waals surface area contributed by atoms with Crippen LogP contribution >= 0.6 is 0 Å². The molecule has 1 aromatic carbocycles. The number of nitrogens with one attached hydrogen (secondary N) is 1. The van der Waals surface area contributed by atoms with Gasteiger partial charge in [0, 0.05) is 69.7 Å². The van der Waals surface area contributed by atoms with Gasteiger partial charge < -0.3 is 19.7 Å². The highest BCUT2D eigenvalue weighted by molar-refractivity contribution is 5.94. The van der Waals surface area contributed by atoms with Gasteiger partial charge in [0.25, 0.3) is 5.91 Å². The number of aromatic nitrogens is 2. The molecule has 166 valence electrons. The molecule has 0 bridgehead atoms. The van der Waals surface area contributed by atoms with Crippen LogP contribution in [0.5, 0.6) is 5.75 Å². The Morgan fingerprint density at radius 3 is 2.58 bits per heavy atom. The highest BCUT2D eigenvalue weighted by Gasteiger charge is 2.23. The fraction of sp³-hybridized carbons (Fsp3) is 0.478. The molecule has 1 atom stereocenters. The molecule has 0 radical (unpaired) electrons. The molecule has 2 heterocycles. The minimum Gasteiger partial charge on any atom is -0.490 e. The first kappa shape index (κ1) is 22.7. The molecule has 2 amide bonds. The molecule has 3 rings (SSSR count). The Bertz CT molecular complexity index is 836. The maximum Gasteiger partial charge on any atom is 0.251 e. The molecule has 1 aliphatic heterocycles. The van der Waals surface area contributed by atoms with Crippen LogP contribution in [0.4, 0.5) is 0 Å². The lowest BCUT2D eigenvalue weighted by molar-refractivity contribution is -0.133. The largest absolute Gasteiger partial charge is 0.490 e. The summed E-state index contributed by atoms with van der Waals surface area (Å²) in [5, 5.41) is 2.98. The number of carbonyl (C=O) groups is 2. The van der Waals surface area contributed by atoms with Crippen molar-refractivity contribution in [3.05, 3.63) is 54.1 Å². The quantitative estimate of drug-likeness (QED) is 0.661. The van der Waals surface area contributed by atoms with Crippen LogP contribution in [0.2, 0.25) is 0 Å². The second kappa shape index (κ2) is 11.4. The summed E-state index contributed by atoms with van der Waals surface area (Å²) in [6.07, 6.45) is 7.67. The van der Waals surface area contributed by atoms with Crippen molar-refractivity contribution in [2.24, 2.45) is 0 Å². The summed E-state index contributed by atoms with van der Waals surface area (Å²) in [7, 11) is 1.60. The van der Waals surface area contributed by atoms with Crippen molar-refractivity contribution in [1.82, 2.24) is 20.2 Å². The van der Waals surface area contributed by atoms with Gasteiger partial charge in [0.05, 0.1) is 18.7 Å². The molecule has 31 heavy (non-hydrogen) atoms. The number of methoxy groups -OCH3 is 1. The van der Waals surface area contributed by atoms with Gasteiger partial charge in [0.2, 0.25) is 5.91 Å². The van der Waals surface area contributed by atoms with Gasteiger partial charge >= 0.3 is 0 Å². The summed E-state index contributed by atoms with van der Waals surface area (Å²) < 4.78 is 11.0. The number of nitrogens with zero attached hydrogens (tertiary/aromatic N) is 3. The maximum atomic E-state index is 12.5. The molecular formula is C23H30N4O4. The van der Waals surface area contributed by atoms with E-state index in [0.29, 0.717) is 38.1 Å². The Morgan fingerprint density at radius 2 is 1.94 bits per heavy atom. The Labute approximate surface area is 183 Å². The SMILES string of the molecule is COCCC(=O)N1CCC(Oc2ccc(C(=O)N[C@H](C)Cc3cnccn3)cc2)CC1. The molecule has 1 aliphatic rings. The Kier molecular flexibility index (Phi) is 8.35. The van der Waals surface area contributed by atoms with E-state index in [2.05, 4.69) is 15.3 Å². The first-order chi connectivity index (χ1) is 15.0. The zero-order chi connectivity index (χ0) is 22.1. The monoisotopic (exact) mass is 426 g/mol. The zero-order valence-corrected chi connectivity index (χ0v) is 18.1. The summed E-state index contributed by atoms with van der Waals surface area (Å²) in [4.78, 5) is 34.7. The Balaban J connectivity index is 1.44. The number of likely N-dealkylation sites (tertiary alicyclic amines) is 1. The molecule has 0 unspecified atom stereocenters. The molecule has 1 aromatic heterocycles. The van der Waals surface area contributed by atoms with E-state index in [0.717, 1.165) is 24.3 Å². The van der Waals surface area contributed by atoms with E-state index in [4.69, 9.17) is 9.47 Å². The summed E-state index contributed by atoms with van der Waals surface area (Å²) >= 11 is 0. The molecule has 0 spiro atoms. The van der Waals surface area contributed by atoms with E-state index < -0.39 is 0 Å². The number of benzene rings is 1. The first-order valence-electron chi connectivity index (χ1n) is 10.6. The van der Waals surface area contributed by atoms with Crippen LogP contribution in [0.1, 0.15) is 42.2 Å². The number of carbonyl (C=O) groups excluding carboxylic acids is 2. The van der Waals surface area contributed by atoms with E-state index >= 15 is 0 Å². The molecule has 0 saturated carbocycles. The van der Waals surface area contributed by atoms with Crippen molar-refractivity contribution >= 4 is 11.8 Å². The summed E-state index contributed by atoms with van der Waals surface area (Å²) in [6, 6.07) is 7.11. The second-order valence-corrected chi connectivity index (χ2v) is 7.74. The van der Waals surface area contributed by atoms with Gasteiger partial charge in [-0.1, -0.05) is 0 Å². The topological polar surface area (TPSA) is 93.6 Å². The predicted octanol–water partition coefficient (Wildman–Crippen LogP) is 2.24. The molecule has 8 heteroatoms. The number of hydrogen-bond acceptors (Lipinski definition) is 6. The smallest absolute Gasteiger partial charge is 0.251 e. The van der Waals surface area contributed by atoms with E-state index in [1.165, 1.54) is 0 Å². The van der Waals surface area contributed by atoms with Crippen LogP contribution in [0.3, 0.4) is 0 Å². The number of ether oxygens (including phenoxy) is 2. The number of amides is 2. The van der Waals surface area contributed by atoms with Crippen molar-refractivity contribution < 1.29 is 19.1 Å². The number of rotatable bonds is 9. The van der Waals surface area contributed by atoms with Crippen molar-refractivity contribution in [3.8, 4) is 5.75 Å². The molecule has 1 fully saturated rings. The van der Waals surface area contributed by atoms with E-state index in [1.54, 1.807) is 37.8 Å². The third-order valence-electron chi connectivity index (χ3n) is 5.24. The predicted molar refractivity (Wildman–Crippen MR) is 116 cm³/mol. The average Bonchev–Trinajstić information content (AvgIpc) is 2.79. The van der Waals surface area contributed by atoms with E-state index in [-0.39, 0.29) is 24.0 Å². The normalized spacial score (nSPS) is 15.4. The van der Waals surface area contributed by atoms with Gasteiger partial charge in [-0.25, -0.2) is 0 Å². The van der Waals surface area contributed by atoms with Crippen molar-refractivity contribution in [1.29, 1.82) is 0 Å². The lowest BCUT2D eigenvalue weighted by atomic mass is 10.1. The fourth-order valence-electron chi connectivity index (χ4n) is 3.56. The van der Waals surface area contributed by atoms with Gasteiger partial charge in [-0.3, -0.25) is 19.6 Å². The van der Waals surface area contributed by atoms with Crippen LogP contribution in [-0.4, -0.2) is 65.6 Å². The molecule has 0 aliphatic carbocycles. The van der Waals surface area contributed by atoms with Gasteiger partial charge in [-0.15, -0.1) is 0 Å². The highest BCUT2D eigenvalue weighted by atomic mass is 16.5. The molecule has 2 aromatic rings. The van der Waals surface area contributed by atoms with Gasteiger partial charge in [0.15, 0.2) is 0 Å². The van der Waals surface area contributed by atoms with E-state index in [9.17, 15) is 9.59 Å². The third kappa shape index (κ3) is 7.03. The lowest BCUT2D eigenvalue weighted by Crippen LogP contribution is -2.42. The van der Waals surface area contributed by atoms with Crippen LogP contribution in [-0.2, 0) is 16.0 Å². The number of hydrogen-bond donors (Lipinski definition) is 1. The first-order valence-corrected chi connectivity index (χ1v) is 10.6. The molecule has 8 nitrogen and oxygen atoms in total. The minimum absolute atomic E-state index is 0.0584. The summed E-state index contributed by atoms with van der Waals surface area (Å²) in [5.74, 6) is 0.725. The van der Waals surface area contributed by atoms with E-state index in [1.807, 2.05) is 24.0 Å². The maximum absolute atomic E-state index is 12.5. The van der Waals surface area contributed by atoms with Crippen molar-refractivity contribution in [2.45, 2.75) is 44.8 Å². The number of piperidine rings is 1. The average molecular weight is 427 g/mol.